The SMILES string of the molecule is O=C(O)CN(CCc1nnco1)C(=O)OCC1c2ccccc2-c2ccccc21. The van der Waals surface area contributed by atoms with Gasteiger partial charge in [-0.05, 0) is 22.3 Å². The molecule has 29 heavy (non-hydrogen) atoms. The first kappa shape index (κ1) is 18.7. The van der Waals surface area contributed by atoms with E-state index in [1.165, 1.54) is 6.39 Å². The average Bonchev–Trinajstić information content (AvgIpc) is 3.35. The molecule has 4 rings (SSSR count). The highest BCUT2D eigenvalue weighted by molar-refractivity contribution is 5.79. The van der Waals surface area contributed by atoms with Crippen LogP contribution in [0.25, 0.3) is 11.1 Å². The molecule has 3 aromatic rings. The van der Waals surface area contributed by atoms with Crippen LogP contribution in [0.15, 0.2) is 59.3 Å². The number of fused-ring (bicyclic) bond motifs is 3. The minimum absolute atomic E-state index is 0.0889. The average molecular weight is 393 g/mol. The number of ether oxygens (including phenoxy) is 1. The second-order valence-electron chi connectivity index (χ2n) is 6.70. The molecule has 0 saturated carbocycles. The molecule has 0 aliphatic heterocycles. The van der Waals surface area contributed by atoms with Crippen molar-refractivity contribution in [1.29, 1.82) is 0 Å². The van der Waals surface area contributed by atoms with Crippen molar-refractivity contribution in [2.24, 2.45) is 0 Å². The van der Waals surface area contributed by atoms with E-state index in [1.807, 2.05) is 36.4 Å². The van der Waals surface area contributed by atoms with Gasteiger partial charge < -0.3 is 14.3 Å². The van der Waals surface area contributed by atoms with E-state index in [4.69, 9.17) is 14.3 Å². The Morgan fingerprint density at radius 1 is 1.07 bits per heavy atom. The predicted octanol–water partition coefficient (Wildman–Crippen LogP) is 2.95. The lowest BCUT2D eigenvalue weighted by atomic mass is 9.98. The lowest BCUT2D eigenvalue weighted by Gasteiger charge is -2.21. The first-order valence-corrected chi connectivity index (χ1v) is 9.20. The van der Waals surface area contributed by atoms with Gasteiger partial charge in [0, 0.05) is 18.9 Å². The molecule has 0 saturated heterocycles. The number of hydrogen-bond acceptors (Lipinski definition) is 6. The van der Waals surface area contributed by atoms with E-state index in [1.54, 1.807) is 0 Å². The van der Waals surface area contributed by atoms with Crippen molar-refractivity contribution < 1.29 is 23.8 Å². The Morgan fingerprint density at radius 2 is 1.72 bits per heavy atom. The number of rotatable bonds is 7. The number of carboxylic acid groups (broad SMARTS) is 1. The van der Waals surface area contributed by atoms with Crippen LogP contribution in [0, 0.1) is 0 Å². The first-order chi connectivity index (χ1) is 14.1. The summed E-state index contributed by atoms with van der Waals surface area (Å²) >= 11 is 0. The molecule has 1 aliphatic rings. The molecule has 0 bridgehead atoms. The number of amides is 1. The quantitative estimate of drug-likeness (QED) is 0.658. The summed E-state index contributed by atoms with van der Waals surface area (Å²) in [7, 11) is 0. The standard InChI is InChI=1S/C21H19N3O5/c25-20(26)11-24(10-9-19-23-22-13-29-19)21(27)28-12-18-16-7-3-1-5-14(16)15-6-2-4-8-17(15)18/h1-8,13,18H,9-12H2,(H,25,26). The number of hydrogen-bond donors (Lipinski definition) is 1. The minimum atomic E-state index is -1.12. The highest BCUT2D eigenvalue weighted by atomic mass is 16.6. The van der Waals surface area contributed by atoms with Crippen molar-refractivity contribution >= 4 is 12.1 Å². The van der Waals surface area contributed by atoms with E-state index in [0.29, 0.717) is 5.89 Å². The van der Waals surface area contributed by atoms with Crippen LogP contribution in [0.4, 0.5) is 4.79 Å². The molecule has 1 N–H and O–H groups in total. The van der Waals surface area contributed by atoms with Gasteiger partial charge in [0.15, 0.2) is 0 Å². The minimum Gasteiger partial charge on any atom is -0.480 e. The Labute approximate surface area is 166 Å². The van der Waals surface area contributed by atoms with Gasteiger partial charge in [0.25, 0.3) is 0 Å². The zero-order valence-electron chi connectivity index (χ0n) is 15.5. The molecule has 0 atom stereocenters. The van der Waals surface area contributed by atoms with Crippen LogP contribution >= 0.6 is 0 Å². The molecule has 0 spiro atoms. The molecule has 1 aliphatic carbocycles. The molecule has 1 amide bonds. The first-order valence-electron chi connectivity index (χ1n) is 9.20. The number of carbonyl (C=O) groups is 2. The van der Waals surface area contributed by atoms with Gasteiger partial charge in [-0.15, -0.1) is 10.2 Å². The van der Waals surface area contributed by atoms with Gasteiger partial charge in [-0.3, -0.25) is 9.69 Å². The monoisotopic (exact) mass is 393 g/mol. The van der Waals surface area contributed by atoms with Gasteiger partial charge in [-0.25, -0.2) is 4.79 Å². The maximum Gasteiger partial charge on any atom is 0.410 e. The van der Waals surface area contributed by atoms with Crippen LogP contribution in [0.1, 0.15) is 22.9 Å². The fourth-order valence-electron chi connectivity index (χ4n) is 3.62. The Hall–Kier alpha value is -3.68. The number of aliphatic carboxylic acids is 1. The summed E-state index contributed by atoms with van der Waals surface area (Å²) in [5, 5.41) is 16.4. The summed E-state index contributed by atoms with van der Waals surface area (Å²) < 4.78 is 10.6. The lowest BCUT2D eigenvalue weighted by Crippen LogP contribution is -2.38. The van der Waals surface area contributed by atoms with E-state index in [2.05, 4.69) is 22.3 Å². The number of carbonyl (C=O) groups excluding carboxylic acids is 1. The Balaban J connectivity index is 1.46. The molecule has 1 heterocycles. The molecule has 8 heteroatoms. The number of aromatic nitrogens is 2. The largest absolute Gasteiger partial charge is 0.480 e. The van der Waals surface area contributed by atoms with Crippen molar-refractivity contribution in [2.45, 2.75) is 12.3 Å². The summed E-state index contributed by atoms with van der Waals surface area (Å²) in [4.78, 5) is 24.9. The second-order valence-corrected chi connectivity index (χ2v) is 6.70. The predicted molar refractivity (Wildman–Crippen MR) is 102 cm³/mol. The van der Waals surface area contributed by atoms with Crippen LogP contribution in [0.2, 0.25) is 0 Å². The fourth-order valence-corrected chi connectivity index (χ4v) is 3.62. The van der Waals surface area contributed by atoms with E-state index >= 15 is 0 Å². The summed E-state index contributed by atoms with van der Waals surface area (Å²) in [6.07, 6.45) is 0.746. The van der Waals surface area contributed by atoms with E-state index in [-0.39, 0.29) is 25.5 Å². The molecule has 148 valence electrons. The highest BCUT2D eigenvalue weighted by Crippen LogP contribution is 2.44. The maximum atomic E-state index is 12.6. The van der Waals surface area contributed by atoms with Crippen molar-refractivity contribution in [3.63, 3.8) is 0 Å². The van der Waals surface area contributed by atoms with E-state index in [0.717, 1.165) is 27.2 Å². The molecule has 8 nitrogen and oxygen atoms in total. The number of benzene rings is 2. The van der Waals surface area contributed by atoms with Crippen LogP contribution in [-0.2, 0) is 16.0 Å². The zero-order valence-corrected chi connectivity index (χ0v) is 15.5. The summed E-state index contributed by atoms with van der Waals surface area (Å²) in [6.45, 7) is -0.237. The third-order valence-corrected chi connectivity index (χ3v) is 4.92. The fraction of sp³-hybridized carbons (Fsp3) is 0.238. The van der Waals surface area contributed by atoms with E-state index in [9.17, 15) is 9.59 Å². The second kappa shape index (κ2) is 8.14. The van der Waals surface area contributed by atoms with Gasteiger partial charge in [-0.2, -0.15) is 0 Å². The molecule has 0 unspecified atom stereocenters. The van der Waals surface area contributed by atoms with Crippen molar-refractivity contribution in [3.8, 4) is 11.1 Å². The van der Waals surface area contributed by atoms with Gasteiger partial charge >= 0.3 is 12.1 Å². The van der Waals surface area contributed by atoms with Gasteiger partial charge in [0.2, 0.25) is 12.3 Å². The smallest absolute Gasteiger partial charge is 0.410 e. The van der Waals surface area contributed by atoms with Crippen molar-refractivity contribution in [1.82, 2.24) is 15.1 Å². The third kappa shape index (κ3) is 3.96. The number of nitrogens with zero attached hydrogens (tertiary/aromatic N) is 3. The molecular formula is C21H19N3O5. The zero-order chi connectivity index (χ0) is 20.2. The van der Waals surface area contributed by atoms with Crippen LogP contribution in [0.3, 0.4) is 0 Å². The summed E-state index contributed by atoms with van der Waals surface area (Å²) in [5.74, 6) is -0.884. The van der Waals surface area contributed by atoms with Crippen molar-refractivity contribution in [3.05, 3.63) is 71.9 Å². The van der Waals surface area contributed by atoms with Gasteiger partial charge in [0.1, 0.15) is 13.2 Å². The third-order valence-electron chi connectivity index (χ3n) is 4.92. The molecule has 1 aromatic heterocycles. The Morgan fingerprint density at radius 3 is 2.31 bits per heavy atom. The molecule has 0 fully saturated rings. The normalized spacial score (nSPS) is 12.3. The van der Waals surface area contributed by atoms with Gasteiger partial charge in [0.05, 0.1) is 0 Å². The van der Waals surface area contributed by atoms with Gasteiger partial charge in [-0.1, -0.05) is 48.5 Å². The van der Waals surface area contributed by atoms with Crippen LogP contribution in [-0.4, -0.2) is 52.0 Å². The molecule has 0 radical (unpaired) electrons. The van der Waals surface area contributed by atoms with E-state index < -0.39 is 18.6 Å². The Kier molecular flexibility index (Phi) is 5.24. The van der Waals surface area contributed by atoms with Crippen molar-refractivity contribution in [2.75, 3.05) is 19.7 Å². The lowest BCUT2D eigenvalue weighted by molar-refractivity contribution is -0.138. The Bertz CT molecular complexity index is 973. The highest BCUT2D eigenvalue weighted by Gasteiger charge is 2.30. The maximum absolute atomic E-state index is 12.6. The topological polar surface area (TPSA) is 106 Å². The van der Waals surface area contributed by atoms with Crippen LogP contribution < -0.4 is 0 Å². The summed E-state index contributed by atoms with van der Waals surface area (Å²) in [5.41, 5.74) is 4.44. The molecule has 2 aromatic carbocycles. The molecular weight excluding hydrogens is 374 g/mol. The summed E-state index contributed by atoms with van der Waals surface area (Å²) in [6, 6.07) is 16.0. The van der Waals surface area contributed by atoms with Crippen LogP contribution in [0.5, 0.6) is 0 Å². The number of carboxylic acids is 1.